The van der Waals surface area contributed by atoms with Gasteiger partial charge < -0.3 is 19.1 Å². The van der Waals surface area contributed by atoms with Crippen LogP contribution < -0.4 is 9.47 Å². The summed E-state index contributed by atoms with van der Waals surface area (Å²) < 4.78 is 31.8. The highest BCUT2D eigenvalue weighted by Crippen LogP contribution is 2.38. The van der Waals surface area contributed by atoms with E-state index in [1.165, 1.54) is 12.1 Å². The maximum atomic E-state index is 13.8. The van der Waals surface area contributed by atoms with E-state index in [4.69, 9.17) is 14.2 Å². The van der Waals surface area contributed by atoms with Gasteiger partial charge in [-0.3, -0.25) is 4.79 Å². The maximum absolute atomic E-state index is 13.8. The molecule has 0 spiro atoms. The van der Waals surface area contributed by atoms with E-state index in [1.54, 1.807) is 19.2 Å². The number of carbonyl (C=O) groups is 1. The Kier molecular flexibility index (Phi) is 7.52. The summed E-state index contributed by atoms with van der Waals surface area (Å²) in [7, 11) is 1.64. The van der Waals surface area contributed by atoms with Crippen molar-refractivity contribution in [2.24, 2.45) is 0 Å². The normalized spacial score (nSPS) is 16.4. The van der Waals surface area contributed by atoms with Gasteiger partial charge in [0, 0.05) is 18.7 Å². The molecule has 1 aliphatic carbocycles. The van der Waals surface area contributed by atoms with Crippen LogP contribution >= 0.6 is 0 Å². The zero-order valence-corrected chi connectivity index (χ0v) is 20.6. The molecule has 3 aromatic carbocycles. The van der Waals surface area contributed by atoms with Crippen molar-refractivity contribution in [1.29, 1.82) is 0 Å². The van der Waals surface area contributed by atoms with Gasteiger partial charge in [0.2, 0.25) is 0 Å². The predicted octanol–water partition coefficient (Wildman–Crippen LogP) is 6.00. The number of methoxy groups -OCH3 is 1. The summed E-state index contributed by atoms with van der Waals surface area (Å²) in [5.41, 5.74) is 3.89. The second-order valence-electron chi connectivity index (χ2n) is 9.49. The number of nitrogens with zero attached hydrogens (tertiary/aromatic N) is 1. The topological polar surface area (TPSA) is 48.0 Å². The number of fused-ring (bicyclic) bond motifs is 1. The molecule has 5 nitrogen and oxygen atoms in total. The number of carbonyl (C=O) groups excluding carboxylic acids is 1. The lowest BCUT2D eigenvalue weighted by Gasteiger charge is -2.34. The van der Waals surface area contributed by atoms with Crippen molar-refractivity contribution in [3.8, 4) is 11.5 Å². The lowest BCUT2D eigenvalue weighted by molar-refractivity contribution is -0.149. The van der Waals surface area contributed by atoms with Gasteiger partial charge in [-0.1, -0.05) is 61.4 Å². The predicted molar refractivity (Wildman–Crippen MR) is 135 cm³/mol. The van der Waals surface area contributed by atoms with Crippen LogP contribution in [0, 0.1) is 5.82 Å². The van der Waals surface area contributed by atoms with Crippen molar-refractivity contribution < 1.29 is 23.4 Å². The van der Waals surface area contributed by atoms with E-state index in [0.717, 1.165) is 48.1 Å². The third-order valence-corrected chi connectivity index (χ3v) is 7.10. The Labute approximate surface area is 211 Å². The summed E-state index contributed by atoms with van der Waals surface area (Å²) in [5.74, 6) is 1.03. The van der Waals surface area contributed by atoms with E-state index in [9.17, 15) is 9.18 Å². The van der Waals surface area contributed by atoms with Crippen LogP contribution in [0.5, 0.6) is 11.5 Å². The average molecular weight is 490 g/mol. The van der Waals surface area contributed by atoms with Gasteiger partial charge in [0.15, 0.2) is 17.6 Å². The Morgan fingerprint density at radius 1 is 1.03 bits per heavy atom. The first-order chi connectivity index (χ1) is 17.6. The third kappa shape index (κ3) is 5.39. The number of halogens is 1. The van der Waals surface area contributed by atoms with E-state index < -0.39 is 6.10 Å². The molecule has 0 bridgehead atoms. The minimum absolute atomic E-state index is 0.0586. The van der Waals surface area contributed by atoms with E-state index in [1.807, 2.05) is 47.4 Å². The number of benzene rings is 3. The zero-order chi connectivity index (χ0) is 24.9. The van der Waals surface area contributed by atoms with E-state index >= 15 is 0 Å². The molecular weight excluding hydrogens is 457 g/mol. The SMILES string of the molecule is COc1ccc2c(c1OCc1ccccc1)CCN(C(=O)C(OC1CCCC1)c1ccc(F)cc1)C2. The number of hydrogen-bond acceptors (Lipinski definition) is 4. The molecule has 1 heterocycles. The number of amides is 1. The summed E-state index contributed by atoms with van der Waals surface area (Å²) in [5, 5.41) is 0. The second-order valence-corrected chi connectivity index (χ2v) is 9.49. The van der Waals surface area contributed by atoms with Crippen molar-refractivity contribution in [3.63, 3.8) is 0 Å². The summed E-state index contributed by atoms with van der Waals surface area (Å²) in [4.78, 5) is 15.6. The molecule has 5 rings (SSSR count). The van der Waals surface area contributed by atoms with Crippen molar-refractivity contribution >= 4 is 5.91 Å². The van der Waals surface area contributed by atoms with Gasteiger partial charge in [0.25, 0.3) is 5.91 Å². The highest BCUT2D eigenvalue weighted by molar-refractivity contribution is 5.83. The molecule has 6 heteroatoms. The van der Waals surface area contributed by atoms with Gasteiger partial charge >= 0.3 is 0 Å². The largest absolute Gasteiger partial charge is 0.493 e. The first-order valence-corrected chi connectivity index (χ1v) is 12.7. The monoisotopic (exact) mass is 489 g/mol. The van der Waals surface area contributed by atoms with Crippen LogP contribution in [0.4, 0.5) is 4.39 Å². The third-order valence-electron chi connectivity index (χ3n) is 7.10. The Balaban J connectivity index is 1.36. The average Bonchev–Trinajstić information content (AvgIpc) is 3.44. The van der Waals surface area contributed by atoms with Gasteiger partial charge in [-0.25, -0.2) is 4.39 Å². The molecule has 36 heavy (non-hydrogen) atoms. The molecule has 2 aliphatic rings. The van der Waals surface area contributed by atoms with Crippen LogP contribution in [0.2, 0.25) is 0 Å². The Morgan fingerprint density at radius 3 is 2.50 bits per heavy atom. The Morgan fingerprint density at radius 2 is 1.78 bits per heavy atom. The Hall–Kier alpha value is -3.38. The van der Waals surface area contributed by atoms with Crippen LogP contribution in [0.3, 0.4) is 0 Å². The standard InChI is InChI=1S/C30H32FNO4/c1-34-27-16-13-23-19-32(18-17-26(23)29(27)35-20-21-7-3-2-4-8-21)30(33)28(36-25-9-5-6-10-25)22-11-14-24(31)15-12-22/h2-4,7-8,11-16,25,28H,5-6,9-10,17-20H2,1H3. The van der Waals surface area contributed by atoms with Crippen molar-refractivity contribution in [3.05, 3.63) is 94.8 Å². The molecule has 1 amide bonds. The van der Waals surface area contributed by atoms with Gasteiger partial charge in [0.1, 0.15) is 12.4 Å². The first-order valence-electron chi connectivity index (χ1n) is 12.7. The van der Waals surface area contributed by atoms with Gasteiger partial charge in [-0.05, 0) is 54.2 Å². The number of ether oxygens (including phenoxy) is 3. The summed E-state index contributed by atoms with van der Waals surface area (Å²) in [6.07, 6.45) is 4.11. The molecule has 0 aromatic heterocycles. The number of rotatable bonds is 8. The molecule has 1 atom stereocenters. The highest BCUT2D eigenvalue weighted by Gasteiger charge is 2.33. The molecule has 188 valence electrons. The van der Waals surface area contributed by atoms with Gasteiger partial charge in [-0.2, -0.15) is 0 Å². The smallest absolute Gasteiger partial charge is 0.256 e. The van der Waals surface area contributed by atoms with Crippen LogP contribution in [0.25, 0.3) is 0 Å². The van der Waals surface area contributed by atoms with E-state index in [0.29, 0.717) is 37.4 Å². The molecule has 0 saturated heterocycles. The lowest BCUT2D eigenvalue weighted by atomic mass is 9.97. The zero-order valence-electron chi connectivity index (χ0n) is 20.6. The summed E-state index contributed by atoms with van der Waals surface area (Å²) >= 11 is 0. The molecular formula is C30H32FNO4. The summed E-state index contributed by atoms with van der Waals surface area (Å²) in [6.45, 7) is 1.45. The van der Waals surface area contributed by atoms with Crippen LogP contribution in [-0.2, 0) is 29.1 Å². The van der Waals surface area contributed by atoms with Crippen LogP contribution in [-0.4, -0.2) is 30.6 Å². The van der Waals surface area contributed by atoms with Crippen molar-refractivity contribution in [2.75, 3.05) is 13.7 Å². The fourth-order valence-corrected chi connectivity index (χ4v) is 5.14. The molecule has 0 radical (unpaired) electrons. The fourth-order valence-electron chi connectivity index (χ4n) is 5.14. The van der Waals surface area contributed by atoms with Crippen molar-refractivity contribution in [2.45, 2.75) is 57.5 Å². The van der Waals surface area contributed by atoms with E-state index in [-0.39, 0.29) is 17.8 Å². The van der Waals surface area contributed by atoms with Gasteiger partial charge in [0.05, 0.1) is 13.2 Å². The Bertz CT molecular complexity index is 1180. The second kappa shape index (κ2) is 11.1. The molecule has 1 saturated carbocycles. The minimum Gasteiger partial charge on any atom is -0.493 e. The summed E-state index contributed by atoms with van der Waals surface area (Å²) in [6, 6.07) is 20.0. The first kappa shape index (κ1) is 24.3. The molecule has 0 N–H and O–H groups in total. The molecule has 1 fully saturated rings. The highest BCUT2D eigenvalue weighted by atomic mass is 19.1. The minimum atomic E-state index is -0.734. The molecule has 1 aliphatic heterocycles. The quantitative estimate of drug-likeness (QED) is 0.390. The number of hydrogen-bond donors (Lipinski definition) is 0. The fraction of sp³-hybridized carbons (Fsp3) is 0.367. The van der Waals surface area contributed by atoms with E-state index in [2.05, 4.69) is 0 Å². The van der Waals surface area contributed by atoms with Crippen molar-refractivity contribution in [1.82, 2.24) is 4.90 Å². The van der Waals surface area contributed by atoms with Crippen LogP contribution in [0.15, 0.2) is 66.7 Å². The molecule has 1 unspecified atom stereocenters. The molecule has 3 aromatic rings. The van der Waals surface area contributed by atoms with Gasteiger partial charge in [-0.15, -0.1) is 0 Å². The maximum Gasteiger partial charge on any atom is 0.256 e. The lowest BCUT2D eigenvalue weighted by Crippen LogP contribution is -2.40. The van der Waals surface area contributed by atoms with Crippen LogP contribution in [0.1, 0.15) is 54.0 Å².